The number of carbonyl (C=O) groups excluding carboxylic acids is 3. The monoisotopic (exact) mass is 987 g/mol. The Morgan fingerprint density at radius 3 is 0.714 bits per heavy atom. The molecule has 0 amide bonds. The molecule has 0 fully saturated rings. The maximum atomic E-state index is 12.8. The lowest BCUT2D eigenvalue weighted by atomic mass is 10.0. The lowest BCUT2D eigenvalue weighted by molar-refractivity contribution is -0.167. The third-order valence-corrected chi connectivity index (χ3v) is 14.5. The second-order valence-electron chi connectivity index (χ2n) is 21.7. The summed E-state index contributed by atoms with van der Waals surface area (Å²) in [6.07, 6.45) is 69.6. The molecule has 0 heterocycles. The predicted molar refractivity (Wildman–Crippen MR) is 303 cm³/mol. The normalized spacial score (nSPS) is 12.0. The first-order valence-corrected chi connectivity index (χ1v) is 31.7. The van der Waals surface area contributed by atoms with Gasteiger partial charge in [0.15, 0.2) is 6.10 Å². The molecule has 0 aromatic heterocycles. The summed E-state index contributed by atoms with van der Waals surface area (Å²) in [6, 6.07) is 0. The molecule has 0 N–H and O–H groups in total. The van der Waals surface area contributed by atoms with Gasteiger partial charge in [-0.3, -0.25) is 14.4 Å². The number of unbranched alkanes of at least 4 members (excludes halogenated alkanes) is 46. The quantitative estimate of drug-likeness (QED) is 0.0261. The molecule has 0 saturated carbocycles. The zero-order chi connectivity index (χ0) is 50.7. The van der Waals surface area contributed by atoms with Gasteiger partial charge in [-0.25, -0.2) is 0 Å². The zero-order valence-electron chi connectivity index (χ0n) is 47.6. The number of esters is 3. The van der Waals surface area contributed by atoms with E-state index in [0.717, 1.165) is 57.8 Å². The molecule has 414 valence electrons. The molecule has 1 atom stereocenters. The average molecular weight is 988 g/mol. The summed E-state index contributed by atoms with van der Waals surface area (Å²) < 4.78 is 16.9. The van der Waals surface area contributed by atoms with E-state index in [-0.39, 0.29) is 31.1 Å². The van der Waals surface area contributed by atoms with Crippen molar-refractivity contribution in [2.24, 2.45) is 0 Å². The minimum absolute atomic E-state index is 0.0661. The highest BCUT2D eigenvalue weighted by molar-refractivity contribution is 5.71. The highest BCUT2D eigenvalue weighted by atomic mass is 16.6. The highest BCUT2D eigenvalue weighted by Crippen LogP contribution is 2.18. The molecule has 0 rings (SSSR count). The first-order chi connectivity index (χ1) is 34.5. The number of ether oxygens (including phenoxy) is 3. The molecular formula is C64H122O6. The lowest BCUT2D eigenvalue weighted by Gasteiger charge is -2.18. The Labute approximate surface area is 437 Å². The summed E-state index contributed by atoms with van der Waals surface area (Å²) in [4.78, 5) is 38.1. The van der Waals surface area contributed by atoms with E-state index in [1.165, 1.54) is 263 Å². The molecule has 0 aromatic rings. The van der Waals surface area contributed by atoms with Gasteiger partial charge >= 0.3 is 17.9 Å². The number of allylic oxidation sites excluding steroid dienone is 2. The van der Waals surface area contributed by atoms with Crippen LogP contribution in [0.2, 0.25) is 0 Å². The minimum Gasteiger partial charge on any atom is -0.462 e. The molecule has 0 aliphatic carbocycles. The van der Waals surface area contributed by atoms with Crippen LogP contribution in [0, 0.1) is 0 Å². The Morgan fingerprint density at radius 1 is 0.271 bits per heavy atom. The van der Waals surface area contributed by atoms with Crippen molar-refractivity contribution in [2.45, 2.75) is 367 Å². The van der Waals surface area contributed by atoms with Gasteiger partial charge < -0.3 is 14.2 Å². The summed E-state index contributed by atoms with van der Waals surface area (Å²) in [7, 11) is 0. The van der Waals surface area contributed by atoms with Crippen LogP contribution in [0.4, 0.5) is 0 Å². The van der Waals surface area contributed by atoms with Crippen LogP contribution >= 0.6 is 0 Å². The molecule has 0 aromatic carbocycles. The minimum atomic E-state index is -0.766. The van der Waals surface area contributed by atoms with E-state index in [1.54, 1.807) is 0 Å². The van der Waals surface area contributed by atoms with Crippen LogP contribution in [0.25, 0.3) is 0 Å². The van der Waals surface area contributed by atoms with E-state index < -0.39 is 6.10 Å². The van der Waals surface area contributed by atoms with Gasteiger partial charge in [0.1, 0.15) is 13.2 Å². The Kier molecular flexibility index (Phi) is 58.1. The summed E-state index contributed by atoms with van der Waals surface area (Å²) in [5.74, 6) is -0.850. The maximum absolute atomic E-state index is 12.8. The third-order valence-electron chi connectivity index (χ3n) is 14.5. The van der Waals surface area contributed by atoms with E-state index >= 15 is 0 Å². The number of carbonyl (C=O) groups is 3. The van der Waals surface area contributed by atoms with Crippen molar-refractivity contribution in [1.82, 2.24) is 0 Å². The Bertz CT molecular complexity index is 1090. The summed E-state index contributed by atoms with van der Waals surface area (Å²) in [5.41, 5.74) is 0. The van der Waals surface area contributed by atoms with Gasteiger partial charge in [-0.15, -0.1) is 0 Å². The number of hydrogen-bond donors (Lipinski definition) is 0. The Balaban J connectivity index is 4.06. The van der Waals surface area contributed by atoms with E-state index in [9.17, 15) is 14.4 Å². The van der Waals surface area contributed by atoms with Crippen LogP contribution in [-0.2, 0) is 28.6 Å². The van der Waals surface area contributed by atoms with Crippen LogP contribution in [0.1, 0.15) is 361 Å². The number of rotatable bonds is 59. The Morgan fingerprint density at radius 2 is 0.471 bits per heavy atom. The largest absolute Gasteiger partial charge is 0.462 e. The molecule has 0 spiro atoms. The van der Waals surface area contributed by atoms with Gasteiger partial charge in [0, 0.05) is 19.3 Å². The van der Waals surface area contributed by atoms with E-state index in [4.69, 9.17) is 14.2 Å². The Hall–Kier alpha value is -1.85. The van der Waals surface area contributed by atoms with Crippen molar-refractivity contribution < 1.29 is 28.6 Å². The van der Waals surface area contributed by atoms with Gasteiger partial charge in [-0.1, -0.05) is 309 Å². The standard InChI is InChI=1S/C64H122O6/c1-4-7-10-13-16-19-21-23-25-27-28-29-30-31-32-33-34-35-36-38-39-41-43-45-48-51-54-57-63(66)69-60-61(59-68-62(65)56-53-50-47-18-15-12-9-6-3)70-64(67)58-55-52-49-46-44-42-40-37-26-24-22-20-17-14-11-8-5-2/h24,26,61H,4-23,25,27-60H2,1-3H3/b26-24-. The van der Waals surface area contributed by atoms with Gasteiger partial charge in [-0.05, 0) is 44.9 Å². The average Bonchev–Trinajstić information content (AvgIpc) is 3.36. The van der Waals surface area contributed by atoms with Gasteiger partial charge in [0.05, 0.1) is 0 Å². The third kappa shape index (κ3) is 57.1. The molecule has 0 radical (unpaired) electrons. The van der Waals surface area contributed by atoms with Crippen LogP contribution in [-0.4, -0.2) is 37.2 Å². The van der Waals surface area contributed by atoms with Gasteiger partial charge in [0.25, 0.3) is 0 Å². The fourth-order valence-corrected chi connectivity index (χ4v) is 9.74. The maximum Gasteiger partial charge on any atom is 0.306 e. The zero-order valence-corrected chi connectivity index (χ0v) is 47.6. The molecule has 6 nitrogen and oxygen atoms in total. The first kappa shape index (κ1) is 68.2. The van der Waals surface area contributed by atoms with Crippen molar-refractivity contribution in [3.63, 3.8) is 0 Å². The highest BCUT2D eigenvalue weighted by Gasteiger charge is 2.19. The van der Waals surface area contributed by atoms with Crippen LogP contribution in [0.5, 0.6) is 0 Å². The molecule has 0 bridgehead atoms. The molecule has 70 heavy (non-hydrogen) atoms. The molecule has 0 aliphatic heterocycles. The van der Waals surface area contributed by atoms with Crippen LogP contribution in [0.15, 0.2) is 12.2 Å². The van der Waals surface area contributed by atoms with Crippen molar-refractivity contribution in [3.8, 4) is 0 Å². The van der Waals surface area contributed by atoms with E-state index in [1.807, 2.05) is 0 Å². The topological polar surface area (TPSA) is 78.9 Å². The van der Waals surface area contributed by atoms with Gasteiger partial charge in [-0.2, -0.15) is 0 Å². The second kappa shape index (κ2) is 59.7. The lowest BCUT2D eigenvalue weighted by Crippen LogP contribution is -2.30. The first-order valence-electron chi connectivity index (χ1n) is 31.7. The van der Waals surface area contributed by atoms with Crippen molar-refractivity contribution in [3.05, 3.63) is 12.2 Å². The molecule has 0 aliphatic rings. The predicted octanol–water partition coefficient (Wildman–Crippen LogP) is 21.3. The summed E-state index contributed by atoms with van der Waals surface area (Å²) >= 11 is 0. The van der Waals surface area contributed by atoms with Crippen molar-refractivity contribution in [1.29, 1.82) is 0 Å². The van der Waals surface area contributed by atoms with Crippen LogP contribution < -0.4 is 0 Å². The second-order valence-corrected chi connectivity index (χ2v) is 21.7. The molecular weight excluding hydrogens is 865 g/mol. The smallest absolute Gasteiger partial charge is 0.306 e. The summed E-state index contributed by atoms with van der Waals surface area (Å²) in [6.45, 7) is 6.67. The van der Waals surface area contributed by atoms with Crippen molar-refractivity contribution >= 4 is 17.9 Å². The fourth-order valence-electron chi connectivity index (χ4n) is 9.74. The SMILES string of the molecule is CCCCCCCC/C=C\CCCCCCCCCC(=O)OC(COC(=O)CCCCCCCCCC)COC(=O)CCCCCCCCCCCCCCCCCCCCCCCCCCCCC. The molecule has 1 unspecified atom stereocenters. The summed E-state index contributed by atoms with van der Waals surface area (Å²) in [5, 5.41) is 0. The van der Waals surface area contributed by atoms with Gasteiger partial charge in [0.2, 0.25) is 0 Å². The van der Waals surface area contributed by atoms with Crippen molar-refractivity contribution in [2.75, 3.05) is 13.2 Å². The van der Waals surface area contributed by atoms with E-state index in [2.05, 4.69) is 32.9 Å². The van der Waals surface area contributed by atoms with Crippen LogP contribution in [0.3, 0.4) is 0 Å². The van der Waals surface area contributed by atoms with E-state index in [0.29, 0.717) is 19.3 Å². The molecule has 0 saturated heterocycles. The molecule has 6 heteroatoms. The number of hydrogen-bond acceptors (Lipinski definition) is 6. The fraction of sp³-hybridized carbons (Fsp3) is 0.922.